The third kappa shape index (κ3) is 2.90. The number of carbonyl (C=O) groups is 2. The first-order valence-corrected chi connectivity index (χ1v) is 11.2. The fraction of sp³-hybridized carbons (Fsp3) is 0.360. The number of aromatic nitrogens is 2. The summed E-state index contributed by atoms with van der Waals surface area (Å²) in [6, 6.07) is 5.53. The number of methoxy groups -OCH3 is 3. The van der Waals surface area contributed by atoms with E-state index in [1.54, 1.807) is 30.2 Å². The van der Waals surface area contributed by atoms with Gasteiger partial charge in [0.2, 0.25) is 11.5 Å². The van der Waals surface area contributed by atoms with Gasteiger partial charge in [-0.15, -0.1) is 0 Å². The van der Waals surface area contributed by atoms with Crippen LogP contribution < -0.4 is 14.2 Å². The van der Waals surface area contributed by atoms with Gasteiger partial charge in [0.15, 0.2) is 11.5 Å². The van der Waals surface area contributed by atoms with Gasteiger partial charge in [0.1, 0.15) is 12.3 Å². The van der Waals surface area contributed by atoms with Crippen LogP contribution in [0.25, 0.3) is 10.9 Å². The third-order valence-electron chi connectivity index (χ3n) is 7.35. The molecule has 182 valence electrons. The number of piperidine rings is 1. The summed E-state index contributed by atoms with van der Waals surface area (Å²) in [6.07, 6.45) is 2.50. The number of allylic oxidation sites excluding steroid dienone is 2. The van der Waals surface area contributed by atoms with Crippen LogP contribution in [0.1, 0.15) is 38.7 Å². The molecule has 2 atom stereocenters. The van der Waals surface area contributed by atoms with Crippen LogP contribution in [0.4, 0.5) is 0 Å². The van der Waals surface area contributed by atoms with Crippen LogP contribution in [0.3, 0.4) is 0 Å². The predicted molar refractivity (Wildman–Crippen MR) is 124 cm³/mol. The van der Waals surface area contributed by atoms with Crippen molar-refractivity contribution in [3.05, 3.63) is 52.6 Å². The molecule has 1 amide bonds. The lowest BCUT2D eigenvalue weighted by atomic mass is 9.85. The van der Waals surface area contributed by atoms with Gasteiger partial charge in [-0.25, -0.2) is 9.78 Å². The van der Waals surface area contributed by atoms with Crippen LogP contribution in [-0.2, 0) is 21.8 Å². The number of ketones is 1. The zero-order chi connectivity index (χ0) is 24.5. The van der Waals surface area contributed by atoms with Crippen LogP contribution in [0.5, 0.6) is 17.2 Å². The number of benzene rings is 1. The maximum atomic E-state index is 13.7. The first-order valence-electron chi connectivity index (χ1n) is 11.2. The van der Waals surface area contributed by atoms with Gasteiger partial charge in [-0.1, -0.05) is 0 Å². The number of carbonyl (C=O) groups excluding carboxylic acids is 2. The summed E-state index contributed by atoms with van der Waals surface area (Å²) in [6.45, 7) is 0.755. The summed E-state index contributed by atoms with van der Waals surface area (Å²) in [5, 5.41) is 0.756. The molecule has 10 heteroatoms. The molecule has 2 N–H and O–H groups in total. The zero-order valence-corrected chi connectivity index (χ0v) is 19.8. The smallest absolute Gasteiger partial charge is 0.274 e. The fourth-order valence-electron chi connectivity index (χ4n) is 5.75. The lowest BCUT2D eigenvalue weighted by Crippen LogP contribution is -2.33. The standard InChI is InChI=1S/C25H25N3O7/c1-31-18-6-12-5-16(27-20(12)23(33-3)22(18)32-2)24(30)28-10-13-9-25(13)15-7-14(11-35-34-4)26-21(15)17(29)8-19(25)28/h5-8,13,26-27H,9-11H2,1-4H3/t13-,25-/m1/s1. The highest BCUT2D eigenvalue weighted by atomic mass is 17.2. The molecule has 6 rings (SSSR count). The van der Waals surface area contributed by atoms with Crippen molar-refractivity contribution < 1.29 is 33.6 Å². The van der Waals surface area contributed by atoms with Crippen molar-refractivity contribution in [2.24, 2.45) is 5.92 Å². The van der Waals surface area contributed by atoms with Crippen LogP contribution in [0, 0.1) is 5.92 Å². The van der Waals surface area contributed by atoms with E-state index in [1.807, 2.05) is 6.07 Å². The molecule has 2 aromatic heterocycles. The highest BCUT2D eigenvalue weighted by molar-refractivity contribution is 6.09. The van der Waals surface area contributed by atoms with Crippen molar-refractivity contribution >= 4 is 22.6 Å². The molecule has 2 fully saturated rings. The van der Waals surface area contributed by atoms with Crippen molar-refractivity contribution in [2.45, 2.75) is 18.4 Å². The van der Waals surface area contributed by atoms with Gasteiger partial charge < -0.3 is 29.1 Å². The number of aromatic amines is 2. The van der Waals surface area contributed by atoms with Crippen LogP contribution in [0.2, 0.25) is 0 Å². The number of amides is 1. The molecule has 1 saturated carbocycles. The molecule has 3 aromatic rings. The van der Waals surface area contributed by atoms with E-state index in [-0.39, 0.29) is 29.6 Å². The highest BCUT2D eigenvalue weighted by Crippen LogP contribution is 2.66. The van der Waals surface area contributed by atoms with E-state index in [1.165, 1.54) is 21.3 Å². The average molecular weight is 479 g/mol. The number of ether oxygens (including phenoxy) is 3. The fourth-order valence-corrected chi connectivity index (χ4v) is 5.75. The molecule has 2 aliphatic carbocycles. The van der Waals surface area contributed by atoms with Crippen LogP contribution in [0.15, 0.2) is 30.0 Å². The summed E-state index contributed by atoms with van der Waals surface area (Å²) < 4.78 is 16.5. The Labute approximate surface area is 200 Å². The minimum absolute atomic E-state index is 0.151. The number of H-pyrrole nitrogens is 2. The first-order chi connectivity index (χ1) is 17.0. The second-order valence-electron chi connectivity index (χ2n) is 8.99. The van der Waals surface area contributed by atoms with Gasteiger partial charge >= 0.3 is 0 Å². The van der Waals surface area contributed by atoms with E-state index in [0.717, 1.165) is 28.8 Å². The summed E-state index contributed by atoms with van der Waals surface area (Å²) in [5.41, 5.74) is 3.72. The van der Waals surface area contributed by atoms with Crippen molar-refractivity contribution in [2.75, 3.05) is 35.0 Å². The Bertz CT molecular complexity index is 1420. The number of fused-ring (bicyclic) bond motifs is 2. The van der Waals surface area contributed by atoms with E-state index in [4.69, 9.17) is 24.0 Å². The Hall–Kier alpha value is -3.76. The van der Waals surface area contributed by atoms with E-state index in [2.05, 4.69) is 9.97 Å². The summed E-state index contributed by atoms with van der Waals surface area (Å²) in [5.74, 6) is 1.31. The van der Waals surface area contributed by atoms with Gasteiger partial charge in [-0.05, 0) is 36.1 Å². The lowest BCUT2D eigenvalue weighted by molar-refractivity contribution is -0.282. The summed E-state index contributed by atoms with van der Waals surface area (Å²) >= 11 is 0. The minimum atomic E-state index is -0.323. The molecule has 0 unspecified atom stereocenters. The largest absolute Gasteiger partial charge is 0.493 e. The van der Waals surface area contributed by atoms with Gasteiger partial charge in [0.25, 0.3) is 5.91 Å². The second-order valence-corrected chi connectivity index (χ2v) is 8.99. The summed E-state index contributed by atoms with van der Waals surface area (Å²) in [7, 11) is 6.06. The zero-order valence-electron chi connectivity index (χ0n) is 19.8. The Kier molecular flexibility index (Phi) is 4.74. The molecule has 3 heterocycles. The molecule has 0 bridgehead atoms. The molecule has 0 radical (unpaired) electrons. The van der Waals surface area contributed by atoms with E-state index < -0.39 is 0 Å². The SMILES string of the molecule is COOCc1cc2c([nH]1)C(=O)C=C1N(C(=O)c3cc4cc(OC)c(OC)c(OC)c4[nH]3)C[C@H]3C[C@]123. The Morgan fingerprint density at radius 1 is 1.09 bits per heavy atom. The first kappa shape index (κ1) is 21.8. The number of likely N-dealkylation sites (tertiary alicyclic amines) is 1. The van der Waals surface area contributed by atoms with E-state index >= 15 is 0 Å². The number of nitrogens with zero attached hydrogens (tertiary/aromatic N) is 1. The number of rotatable bonds is 7. The monoisotopic (exact) mass is 479 g/mol. The van der Waals surface area contributed by atoms with E-state index in [9.17, 15) is 9.59 Å². The van der Waals surface area contributed by atoms with Gasteiger partial charge in [-0.2, -0.15) is 0 Å². The Morgan fingerprint density at radius 3 is 2.60 bits per heavy atom. The van der Waals surface area contributed by atoms with Crippen molar-refractivity contribution in [3.8, 4) is 17.2 Å². The lowest BCUT2D eigenvalue weighted by Gasteiger charge is -2.27. The maximum absolute atomic E-state index is 13.7. The van der Waals surface area contributed by atoms with Gasteiger partial charge in [0.05, 0.1) is 39.6 Å². The molecule has 1 aliphatic heterocycles. The number of hydrogen-bond acceptors (Lipinski definition) is 7. The van der Waals surface area contributed by atoms with Crippen LogP contribution in [-0.4, -0.2) is 61.5 Å². The summed E-state index contributed by atoms with van der Waals surface area (Å²) in [4.78, 5) is 44.5. The van der Waals surface area contributed by atoms with Gasteiger partial charge in [0, 0.05) is 34.8 Å². The maximum Gasteiger partial charge on any atom is 0.274 e. The number of nitrogens with one attached hydrogen (secondary N) is 2. The molecule has 1 aromatic carbocycles. The average Bonchev–Trinajstić information content (AvgIpc) is 3.19. The topological polar surface area (TPSA) is 115 Å². The predicted octanol–water partition coefficient (Wildman–Crippen LogP) is 3.09. The molecule has 3 aliphatic rings. The quantitative estimate of drug-likeness (QED) is 0.395. The third-order valence-corrected chi connectivity index (χ3v) is 7.35. The molecular formula is C25H25N3O7. The van der Waals surface area contributed by atoms with Crippen molar-refractivity contribution in [3.63, 3.8) is 0 Å². The van der Waals surface area contributed by atoms with Gasteiger partial charge in [-0.3, -0.25) is 9.59 Å². The molecule has 1 saturated heterocycles. The van der Waals surface area contributed by atoms with Crippen molar-refractivity contribution in [1.82, 2.24) is 14.9 Å². The van der Waals surface area contributed by atoms with E-state index in [0.29, 0.717) is 40.7 Å². The Balaban J connectivity index is 1.37. The molecule has 35 heavy (non-hydrogen) atoms. The van der Waals surface area contributed by atoms with Crippen LogP contribution >= 0.6 is 0 Å². The normalized spacial score (nSPS) is 21.9. The molecular weight excluding hydrogens is 454 g/mol. The minimum Gasteiger partial charge on any atom is -0.493 e. The Morgan fingerprint density at radius 2 is 1.89 bits per heavy atom. The van der Waals surface area contributed by atoms with Crippen molar-refractivity contribution in [1.29, 1.82) is 0 Å². The molecule has 10 nitrogen and oxygen atoms in total. The number of hydrogen-bond donors (Lipinski definition) is 2. The highest BCUT2D eigenvalue weighted by Gasteiger charge is 2.67. The second kappa shape index (κ2) is 7.62. The molecule has 1 spiro atoms.